The lowest BCUT2D eigenvalue weighted by atomic mass is 10.1. The molecule has 0 aliphatic rings. The second-order valence-corrected chi connectivity index (χ2v) is 5.39. The van der Waals surface area contributed by atoms with Crippen LogP contribution in [-0.2, 0) is 0 Å². The minimum Gasteiger partial charge on any atom is -0.388 e. The summed E-state index contributed by atoms with van der Waals surface area (Å²) in [5.41, 5.74) is 1.48. The van der Waals surface area contributed by atoms with Gasteiger partial charge >= 0.3 is 0 Å². The molecule has 1 atom stereocenters. The highest BCUT2D eigenvalue weighted by Gasteiger charge is 2.08. The van der Waals surface area contributed by atoms with Gasteiger partial charge in [0.1, 0.15) is 0 Å². The van der Waals surface area contributed by atoms with Crippen LogP contribution in [0.2, 0.25) is 0 Å². The molecule has 2 rings (SSSR count). The van der Waals surface area contributed by atoms with Crippen LogP contribution in [0.25, 0.3) is 0 Å². The Morgan fingerprint density at radius 3 is 2.40 bits per heavy atom. The summed E-state index contributed by atoms with van der Waals surface area (Å²) in [4.78, 5) is 11.9. The van der Waals surface area contributed by atoms with Crippen LogP contribution >= 0.6 is 15.9 Å². The molecule has 0 saturated carbocycles. The van der Waals surface area contributed by atoms with Crippen molar-refractivity contribution in [3.8, 4) is 0 Å². The van der Waals surface area contributed by atoms with E-state index in [1.54, 1.807) is 12.1 Å². The van der Waals surface area contributed by atoms with Crippen LogP contribution in [0.4, 0.5) is 0 Å². The van der Waals surface area contributed by atoms with Crippen LogP contribution in [0.1, 0.15) is 28.4 Å². The minimum absolute atomic E-state index is 0.127. The molecule has 0 aliphatic carbocycles. The van der Waals surface area contributed by atoms with Crippen LogP contribution in [0.15, 0.2) is 59.1 Å². The molecule has 0 spiro atoms. The van der Waals surface area contributed by atoms with Crippen LogP contribution < -0.4 is 5.32 Å². The number of benzene rings is 2. The summed E-state index contributed by atoms with van der Waals surface area (Å²) in [5.74, 6) is -0.127. The number of aliphatic hydroxyl groups excluding tert-OH is 1. The molecule has 104 valence electrons. The standard InChI is InChI=1S/C16H16BrNO2/c17-14-8-6-13(7-9-14)16(20)18-11-10-15(19)12-4-2-1-3-5-12/h1-9,15,19H,10-11H2,(H,18,20). The number of rotatable bonds is 5. The smallest absolute Gasteiger partial charge is 0.251 e. The predicted molar refractivity (Wildman–Crippen MR) is 82.5 cm³/mol. The quantitative estimate of drug-likeness (QED) is 0.881. The van der Waals surface area contributed by atoms with Crippen molar-refractivity contribution in [1.29, 1.82) is 0 Å². The lowest BCUT2D eigenvalue weighted by Gasteiger charge is -2.11. The van der Waals surface area contributed by atoms with Gasteiger partial charge in [0.05, 0.1) is 6.10 Å². The number of halogens is 1. The first kappa shape index (κ1) is 14.8. The fraction of sp³-hybridized carbons (Fsp3) is 0.188. The molecule has 0 heterocycles. The molecule has 1 unspecified atom stereocenters. The normalized spacial score (nSPS) is 11.9. The lowest BCUT2D eigenvalue weighted by molar-refractivity contribution is 0.0942. The maximum Gasteiger partial charge on any atom is 0.251 e. The van der Waals surface area contributed by atoms with Crippen molar-refractivity contribution in [2.45, 2.75) is 12.5 Å². The first-order chi connectivity index (χ1) is 9.66. The molecule has 0 saturated heterocycles. The fourth-order valence-electron chi connectivity index (χ4n) is 1.87. The van der Waals surface area contributed by atoms with Gasteiger partial charge < -0.3 is 10.4 Å². The van der Waals surface area contributed by atoms with Gasteiger partial charge in [0.25, 0.3) is 5.91 Å². The van der Waals surface area contributed by atoms with Crippen LogP contribution in [-0.4, -0.2) is 17.6 Å². The topological polar surface area (TPSA) is 49.3 Å². The number of nitrogens with one attached hydrogen (secondary N) is 1. The molecule has 0 aliphatic heterocycles. The highest BCUT2D eigenvalue weighted by molar-refractivity contribution is 9.10. The van der Waals surface area contributed by atoms with Gasteiger partial charge in [-0.1, -0.05) is 46.3 Å². The molecule has 2 N–H and O–H groups in total. The number of carbonyl (C=O) groups is 1. The summed E-state index contributed by atoms with van der Waals surface area (Å²) in [6.07, 6.45) is -0.0619. The summed E-state index contributed by atoms with van der Waals surface area (Å²) >= 11 is 3.33. The van der Waals surface area contributed by atoms with E-state index in [4.69, 9.17) is 0 Å². The molecule has 1 amide bonds. The zero-order valence-electron chi connectivity index (χ0n) is 10.9. The van der Waals surface area contributed by atoms with Crippen molar-refractivity contribution in [2.75, 3.05) is 6.54 Å². The average Bonchev–Trinajstić information content (AvgIpc) is 2.48. The predicted octanol–water partition coefficient (Wildman–Crippen LogP) is 3.30. The molecule has 4 heteroatoms. The zero-order chi connectivity index (χ0) is 14.4. The van der Waals surface area contributed by atoms with E-state index < -0.39 is 6.10 Å². The van der Waals surface area contributed by atoms with E-state index in [-0.39, 0.29) is 5.91 Å². The molecular weight excluding hydrogens is 318 g/mol. The van der Waals surface area contributed by atoms with Crippen LogP contribution in [0.5, 0.6) is 0 Å². The lowest BCUT2D eigenvalue weighted by Crippen LogP contribution is -2.25. The monoisotopic (exact) mass is 333 g/mol. The van der Waals surface area contributed by atoms with E-state index >= 15 is 0 Å². The minimum atomic E-state index is -0.554. The molecule has 2 aromatic carbocycles. The van der Waals surface area contributed by atoms with Gasteiger partial charge in [0, 0.05) is 16.6 Å². The molecule has 0 bridgehead atoms. The SMILES string of the molecule is O=C(NCCC(O)c1ccccc1)c1ccc(Br)cc1. The third-order valence-corrected chi connectivity index (χ3v) is 3.52. The van der Waals surface area contributed by atoms with Gasteiger partial charge in [0.2, 0.25) is 0 Å². The van der Waals surface area contributed by atoms with Gasteiger partial charge in [-0.25, -0.2) is 0 Å². The van der Waals surface area contributed by atoms with Crippen molar-refractivity contribution >= 4 is 21.8 Å². The van der Waals surface area contributed by atoms with Crippen LogP contribution in [0.3, 0.4) is 0 Å². The molecule has 2 aromatic rings. The molecule has 0 fully saturated rings. The second-order valence-electron chi connectivity index (χ2n) is 4.48. The Morgan fingerprint density at radius 2 is 1.75 bits per heavy atom. The van der Waals surface area contributed by atoms with Gasteiger partial charge in [-0.05, 0) is 36.2 Å². The Bertz CT molecular complexity index is 554. The fourth-order valence-corrected chi connectivity index (χ4v) is 2.13. The summed E-state index contributed by atoms with van der Waals surface area (Å²) in [6.45, 7) is 0.435. The van der Waals surface area contributed by atoms with Crippen molar-refractivity contribution < 1.29 is 9.90 Å². The Kier molecular flexibility index (Phi) is 5.32. The third kappa shape index (κ3) is 4.18. The van der Waals surface area contributed by atoms with Crippen LogP contribution in [0, 0.1) is 0 Å². The van der Waals surface area contributed by atoms with E-state index in [2.05, 4.69) is 21.2 Å². The van der Waals surface area contributed by atoms with E-state index in [0.717, 1.165) is 10.0 Å². The van der Waals surface area contributed by atoms with Crippen molar-refractivity contribution in [2.24, 2.45) is 0 Å². The molecule has 3 nitrogen and oxygen atoms in total. The molecule has 0 aromatic heterocycles. The maximum atomic E-state index is 11.9. The highest BCUT2D eigenvalue weighted by Crippen LogP contribution is 2.15. The van der Waals surface area contributed by atoms with Gasteiger partial charge in [-0.15, -0.1) is 0 Å². The van der Waals surface area contributed by atoms with E-state index in [1.807, 2.05) is 42.5 Å². The van der Waals surface area contributed by atoms with Crippen molar-refractivity contribution in [3.63, 3.8) is 0 Å². The summed E-state index contributed by atoms with van der Waals surface area (Å²) in [6, 6.07) is 16.6. The zero-order valence-corrected chi connectivity index (χ0v) is 12.5. The van der Waals surface area contributed by atoms with E-state index in [9.17, 15) is 9.90 Å². The van der Waals surface area contributed by atoms with Gasteiger partial charge in [-0.2, -0.15) is 0 Å². The Balaban J connectivity index is 1.81. The van der Waals surface area contributed by atoms with Gasteiger partial charge in [0.15, 0.2) is 0 Å². The number of hydrogen-bond donors (Lipinski definition) is 2. The number of aliphatic hydroxyl groups is 1. The molecular formula is C16H16BrNO2. The summed E-state index contributed by atoms with van der Waals surface area (Å²) < 4.78 is 0.938. The number of amides is 1. The Morgan fingerprint density at radius 1 is 1.10 bits per heavy atom. The van der Waals surface area contributed by atoms with E-state index in [1.165, 1.54) is 0 Å². The average molecular weight is 334 g/mol. The highest BCUT2D eigenvalue weighted by atomic mass is 79.9. The molecule has 20 heavy (non-hydrogen) atoms. The third-order valence-electron chi connectivity index (χ3n) is 2.99. The number of hydrogen-bond acceptors (Lipinski definition) is 2. The maximum absolute atomic E-state index is 11.9. The van der Waals surface area contributed by atoms with Crippen molar-refractivity contribution in [1.82, 2.24) is 5.32 Å². The van der Waals surface area contributed by atoms with Crippen molar-refractivity contribution in [3.05, 3.63) is 70.2 Å². The van der Waals surface area contributed by atoms with E-state index in [0.29, 0.717) is 18.5 Å². The Labute approximate surface area is 126 Å². The molecule has 0 radical (unpaired) electrons. The largest absolute Gasteiger partial charge is 0.388 e. The summed E-state index contributed by atoms with van der Waals surface area (Å²) in [5, 5.41) is 12.8. The second kappa shape index (κ2) is 7.22. The first-order valence-corrected chi connectivity index (χ1v) is 7.23. The van der Waals surface area contributed by atoms with Gasteiger partial charge in [-0.3, -0.25) is 4.79 Å². The number of carbonyl (C=O) groups excluding carboxylic acids is 1. The summed E-state index contributed by atoms with van der Waals surface area (Å²) in [7, 11) is 0. The first-order valence-electron chi connectivity index (χ1n) is 6.43. The Hall–Kier alpha value is -1.65.